The van der Waals surface area contributed by atoms with Gasteiger partial charge in [-0.1, -0.05) is 36.4 Å². The number of aliphatic hydroxyl groups excluding tert-OH is 1. The first-order chi connectivity index (χ1) is 13.1. The zero-order chi connectivity index (χ0) is 19.1. The number of hydrogen-bond acceptors (Lipinski definition) is 4. The monoisotopic (exact) mass is 367 g/mol. The van der Waals surface area contributed by atoms with Crippen LogP contribution in [0.25, 0.3) is 0 Å². The van der Waals surface area contributed by atoms with Crippen LogP contribution in [0.3, 0.4) is 0 Å². The predicted molar refractivity (Wildman–Crippen MR) is 107 cm³/mol. The Balaban J connectivity index is 1.42. The molecule has 0 spiro atoms. The van der Waals surface area contributed by atoms with Crippen LogP contribution in [0.5, 0.6) is 5.75 Å². The molecule has 0 radical (unpaired) electrons. The molecule has 4 heteroatoms. The number of fused-ring (bicyclic) bond motifs is 1. The molecule has 2 aromatic rings. The van der Waals surface area contributed by atoms with Crippen molar-refractivity contribution >= 4 is 5.78 Å². The van der Waals surface area contributed by atoms with E-state index in [9.17, 15) is 9.90 Å². The summed E-state index contributed by atoms with van der Waals surface area (Å²) in [6, 6.07) is 16.6. The predicted octanol–water partition coefficient (Wildman–Crippen LogP) is 3.62. The summed E-state index contributed by atoms with van der Waals surface area (Å²) < 4.78 is 5.70. The minimum absolute atomic E-state index is 0.200. The van der Waals surface area contributed by atoms with Crippen LogP contribution < -0.4 is 10.1 Å². The summed E-state index contributed by atoms with van der Waals surface area (Å²) in [5.74, 6) is 0.940. The van der Waals surface area contributed by atoms with Crippen molar-refractivity contribution in [3.05, 3.63) is 65.2 Å². The fourth-order valence-corrected chi connectivity index (χ4v) is 3.57. The van der Waals surface area contributed by atoms with Crippen molar-refractivity contribution in [3.63, 3.8) is 0 Å². The van der Waals surface area contributed by atoms with Crippen LogP contribution in [0.2, 0.25) is 0 Å². The van der Waals surface area contributed by atoms with E-state index < -0.39 is 6.10 Å². The first-order valence-electron chi connectivity index (χ1n) is 9.82. The molecular weight excluding hydrogens is 338 g/mol. The van der Waals surface area contributed by atoms with Crippen LogP contribution in [0.15, 0.2) is 48.5 Å². The molecule has 0 aliphatic heterocycles. The number of rotatable bonds is 9. The van der Waals surface area contributed by atoms with Crippen molar-refractivity contribution in [1.29, 1.82) is 0 Å². The van der Waals surface area contributed by atoms with Crippen molar-refractivity contribution < 1.29 is 14.6 Å². The second-order valence-electron chi connectivity index (χ2n) is 7.36. The van der Waals surface area contributed by atoms with Gasteiger partial charge in [0.15, 0.2) is 0 Å². The Bertz CT molecular complexity index is 742. The quantitative estimate of drug-likeness (QED) is 0.711. The first-order valence-corrected chi connectivity index (χ1v) is 9.82. The summed E-state index contributed by atoms with van der Waals surface area (Å²) in [7, 11) is 0. The number of nitrogens with one attached hydrogen (secondary N) is 1. The molecule has 0 saturated carbocycles. The topological polar surface area (TPSA) is 58.6 Å². The van der Waals surface area contributed by atoms with Gasteiger partial charge in [0.2, 0.25) is 0 Å². The summed E-state index contributed by atoms with van der Waals surface area (Å²) >= 11 is 0. The van der Waals surface area contributed by atoms with Crippen LogP contribution in [0.4, 0.5) is 0 Å². The summed E-state index contributed by atoms with van der Waals surface area (Å²) in [6.45, 7) is 2.38. The molecule has 0 saturated heterocycles. The average Bonchev–Trinajstić information content (AvgIpc) is 2.69. The van der Waals surface area contributed by atoms with Gasteiger partial charge in [-0.25, -0.2) is 0 Å². The number of carbonyl (C=O) groups is 1. The number of ketones is 1. The van der Waals surface area contributed by atoms with E-state index in [0.29, 0.717) is 19.0 Å². The number of benzene rings is 2. The Hall–Kier alpha value is -2.17. The largest absolute Gasteiger partial charge is 0.491 e. The maximum absolute atomic E-state index is 11.0. The molecule has 1 aliphatic rings. The summed E-state index contributed by atoms with van der Waals surface area (Å²) in [5, 5.41) is 13.8. The number of ether oxygens (including phenoxy) is 1. The van der Waals surface area contributed by atoms with Crippen molar-refractivity contribution in [1.82, 2.24) is 5.32 Å². The molecule has 0 bridgehead atoms. The summed E-state index contributed by atoms with van der Waals surface area (Å²) in [5.41, 5.74) is 3.89. The van der Waals surface area contributed by atoms with Crippen molar-refractivity contribution in [2.24, 2.45) is 0 Å². The van der Waals surface area contributed by atoms with E-state index in [-0.39, 0.29) is 12.4 Å². The minimum Gasteiger partial charge on any atom is -0.491 e. The van der Waals surface area contributed by atoms with Gasteiger partial charge in [0.05, 0.1) is 0 Å². The van der Waals surface area contributed by atoms with Gasteiger partial charge >= 0.3 is 0 Å². The molecule has 3 rings (SSSR count). The van der Waals surface area contributed by atoms with E-state index in [1.165, 1.54) is 17.5 Å². The van der Waals surface area contributed by atoms with Crippen LogP contribution >= 0.6 is 0 Å². The van der Waals surface area contributed by atoms with E-state index in [0.717, 1.165) is 30.6 Å². The number of Topliss-reactive ketones (excluding diaryl/α,β-unsaturated/α-hetero) is 1. The van der Waals surface area contributed by atoms with Crippen LogP contribution in [-0.4, -0.2) is 30.1 Å². The first kappa shape index (κ1) is 19.6. The van der Waals surface area contributed by atoms with Gasteiger partial charge in [-0.2, -0.15) is 0 Å². The highest BCUT2D eigenvalue weighted by molar-refractivity contribution is 5.75. The van der Waals surface area contributed by atoms with Crippen molar-refractivity contribution in [2.75, 3.05) is 13.2 Å². The van der Waals surface area contributed by atoms with E-state index in [1.54, 1.807) is 6.92 Å². The molecule has 0 aromatic heterocycles. The van der Waals surface area contributed by atoms with Gasteiger partial charge in [-0.3, -0.25) is 0 Å². The molecular formula is C23H29NO3. The van der Waals surface area contributed by atoms with Gasteiger partial charge in [-0.05, 0) is 61.4 Å². The number of aryl methyl sites for hydroxylation is 2. The summed E-state index contributed by atoms with van der Waals surface area (Å²) in [6.07, 6.45) is 4.18. The number of carbonyl (C=O) groups excluding carboxylic acids is 1. The SMILES string of the molecule is CC(=O)CCc1ccc(OC[C@H](O)CN[C@H]2CCCc3ccccc32)cc1. The summed E-state index contributed by atoms with van der Waals surface area (Å²) in [4.78, 5) is 11.0. The van der Waals surface area contributed by atoms with Gasteiger partial charge in [0.25, 0.3) is 0 Å². The molecule has 144 valence electrons. The second kappa shape index (κ2) is 9.67. The van der Waals surface area contributed by atoms with Gasteiger partial charge < -0.3 is 20.0 Å². The fourth-order valence-electron chi connectivity index (χ4n) is 3.57. The van der Waals surface area contributed by atoms with E-state index in [2.05, 4.69) is 29.6 Å². The lowest BCUT2D eigenvalue weighted by molar-refractivity contribution is -0.116. The third kappa shape index (κ3) is 5.91. The molecule has 0 heterocycles. The Morgan fingerprint density at radius 3 is 2.78 bits per heavy atom. The van der Waals surface area contributed by atoms with E-state index >= 15 is 0 Å². The third-order valence-electron chi connectivity index (χ3n) is 5.10. The molecule has 0 amide bonds. The van der Waals surface area contributed by atoms with Gasteiger partial charge in [-0.15, -0.1) is 0 Å². The molecule has 0 fully saturated rings. The fraction of sp³-hybridized carbons (Fsp3) is 0.435. The molecule has 4 nitrogen and oxygen atoms in total. The maximum Gasteiger partial charge on any atom is 0.130 e. The normalized spacial score (nSPS) is 17.2. The lowest BCUT2D eigenvalue weighted by Crippen LogP contribution is -2.35. The maximum atomic E-state index is 11.0. The standard InChI is InChI=1S/C23H29NO3/c1-17(25)9-10-18-11-13-21(14-12-18)27-16-20(26)15-24-23-8-4-6-19-5-2-3-7-22(19)23/h2-3,5,7,11-14,20,23-24,26H,4,6,8-10,15-16H2,1H3/t20-,23+/m1/s1. The van der Waals surface area contributed by atoms with E-state index in [1.807, 2.05) is 24.3 Å². The van der Waals surface area contributed by atoms with Crippen molar-refractivity contribution in [3.8, 4) is 5.75 Å². The van der Waals surface area contributed by atoms with Crippen LogP contribution in [0.1, 0.15) is 48.9 Å². The second-order valence-corrected chi connectivity index (χ2v) is 7.36. The van der Waals surface area contributed by atoms with Crippen LogP contribution in [-0.2, 0) is 17.6 Å². The number of aliphatic hydroxyl groups is 1. The Morgan fingerprint density at radius 2 is 2.00 bits per heavy atom. The highest BCUT2D eigenvalue weighted by atomic mass is 16.5. The smallest absolute Gasteiger partial charge is 0.130 e. The zero-order valence-corrected chi connectivity index (χ0v) is 16.0. The average molecular weight is 367 g/mol. The Labute approximate surface area is 161 Å². The zero-order valence-electron chi connectivity index (χ0n) is 16.0. The van der Waals surface area contributed by atoms with E-state index in [4.69, 9.17) is 4.74 Å². The lowest BCUT2D eigenvalue weighted by atomic mass is 9.88. The lowest BCUT2D eigenvalue weighted by Gasteiger charge is -2.27. The third-order valence-corrected chi connectivity index (χ3v) is 5.10. The van der Waals surface area contributed by atoms with Crippen LogP contribution in [0, 0.1) is 0 Å². The molecule has 2 N–H and O–H groups in total. The highest BCUT2D eigenvalue weighted by Gasteiger charge is 2.20. The molecule has 2 aromatic carbocycles. The Kier molecular flexibility index (Phi) is 7.02. The molecule has 27 heavy (non-hydrogen) atoms. The molecule has 2 atom stereocenters. The van der Waals surface area contributed by atoms with Crippen molar-refractivity contribution in [2.45, 2.75) is 51.2 Å². The minimum atomic E-state index is -0.559. The number of hydrogen-bond donors (Lipinski definition) is 2. The Morgan fingerprint density at radius 1 is 1.22 bits per heavy atom. The molecule has 0 unspecified atom stereocenters. The van der Waals surface area contributed by atoms with Gasteiger partial charge in [0.1, 0.15) is 24.2 Å². The molecule has 1 aliphatic carbocycles. The van der Waals surface area contributed by atoms with Gasteiger partial charge in [0, 0.05) is 19.0 Å². The highest BCUT2D eigenvalue weighted by Crippen LogP contribution is 2.29.